The first-order valence-electron chi connectivity index (χ1n) is 5.08. The van der Waals surface area contributed by atoms with Crippen molar-refractivity contribution in [2.45, 2.75) is 26.3 Å². The average molecular weight is 225 g/mol. The molecule has 0 saturated heterocycles. The second kappa shape index (κ2) is 5.34. The van der Waals surface area contributed by atoms with Crippen LogP contribution in [0.4, 0.5) is 5.69 Å². The topological polar surface area (TPSA) is 79.5 Å². The van der Waals surface area contributed by atoms with Gasteiger partial charge in [-0.1, -0.05) is 13.8 Å². The fraction of sp³-hybridized carbons (Fsp3) is 0.455. The highest BCUT2D eigenvalue weighted by Gasteiger charge is 2.19. The number of hydrogen-bond acceptors (Lipinski definition) is 4. The molecule has 16 heavy (non-hydrogen) atoms. The summed E-state index contributed by atoms with van der Waals surface area (Å²) >= 11 is 0. The van der Waals surface area contributed by atoms with Crippen LogP contribution in [0.2, 0.25) is 0 Å². The molecule has 0 aliphatic carbocycles. The summed E-state index contributed by atoms with van der Waals surface area (Å²) in [4.78, 5) is 22.2. The van der Waals surface area contributed by atoms with E-state index >= 15 is 0 Å². The minimum atomic E-state index is -0.975. The van der Waals surface area contributed by atoms with E-state index in [1.54, 1.807) is 0 Å². The molecule has 88 valence electrons. The molecule has 2 N–H and O–H groups in total. The van der Waals surface area contributed by atoms with Crippen LogP contribution in [0.5, 0.6) is 0 Å². The van der Waals surface area contributed by atoms with Crippen molar-refractivity contribution in [2.75, 3.05) is 5.32 Å². The molecule has 5 heteroatoms. The number of carboxylic acids is 1. The fourth-order valence-corrected chi connectivity index (χ4v) is 1.36. The second-order valence-electron chi connectivity index (χ2n) is 3.98. The molecule has 0 saturated carbocycles. The number of nitrogens with one attached hydrogen (secondary N) is 1. The van der Waals surface area contributed by atoms with Crippen LogP contribution < -0.4 is 10.9 Å². The van der Waals surface area contributed by atoms with Gasteiger partial charge in [-0.3, -0.25) is 0 Å². The minimum Gasteiger partial charge on any atom is -0.480 e. The lowest BCUT2D eigenvalue weighted by atomic mass is 10.0. The Morgan fingerprint density at radius 3 is 2.75 bits per heavy atom. The van der Waals surface area contributed by atoms with Crippen LogP contribution in [-0.4, -0.2) is 17.1 Å². The minimum absolute atomic E-state index is 0.176. The van der Waals surface area contributed by atoms with Gasteiger partial charge in [0.05, 0.1) is 6.26 Å². The van der Waals surface area contributed by atoms with Crippen molar-refractivity contribution in [1.29, 1.82) is 0 Å². The van der Waals surface area contributed by atoms with Crippen LogP contribution in [0.25, 0.3) is 0 Å². The third-order valence-corrected chi connectivity index (χ3v) is 2.07. The predicted molar refractivity (Wildman–Crippen MR) is 59.5 cm³/mol. The number of aliphatic carboxylic acids is 1. The van der Waals surface area contributed by atoms with E-state index in [4.69, 9.17) is 5.11 Å². The van der Waals surface area contributed by atoms with Crippen LogP contribution in [0.3, 0.4) is 0 Å². The zero-order valence-corrected chi connectivity index (χ0v) is 9.27. The van der Waals surface area contributed by atoms with Crippen LogP contribution in [-0.2, 0) is 4.79 Å². The van der Waals surface area contributed by atoms with Gasteiger partial charge >= 0.3 is 11.6 Å². The van der Waals surface area contributed by atoms with Crippen molar-refractivity contribution in [3.8, 4) is 0 Å². The lowest BCUT2D eigenvalue weighted by Gasteiger charge is -2.16. The van der Waals surface area contributed by atoms with Gasteiger partial charge in [0.15, 0.2) is 0 Å². The first-order chi connectivity index (χ1) is 7.50. The Kier molecular flexibility index (Phi) is 4.10. The molecule has 0 bridgehead atoms. The van der Waals surface area contributed by atoms with Gasteiger partial charge < -0.3 is 14.8 Å². The van der Waals surface area contributed by atoms with Gasteiger partial charge in [0.2, 0.25) is 0 Å². The highest BCUT2D eigenvalue weighted by molar-refractivity contribution is 5.77. The molecule has 1 aromatic heterocycles. The van der Waals surface area contributed by atoms with Crippen LogP contribution in [0.15, 0.2) is 27.6 Å². The molecule has 0 amide bonds. The summed E-state index contributed by atoms with van der Waals surface area (Å²) < 4.78 is 4.63. The summed E-state index contributed by atoms with van der Waals surface area (Å²) in [5.41, 5.74) is -0.381. The highest BCUT2D eigenvalue weighted by Crippen LogP contribution is 2.10. The normalized spacial score (nSPS) is 12.4. The molecule has 0 aliphatic rings. The second-order valence-corrected chi connectivity index (χ2v) is 3.98. The SMILES string of the molecule is CC(C)C[C@H](Nc1cccoc1=O)C(=O)O. The quantitative estimate of drug-likeness (QED) is 0.794. The number of rotatable bonds is 5. The molecular weight excluding hydrogens is 210 g/mol. The van der Waals surface area contributed by atoms with E-state index < -0.39 is 17.6 Å². The van der Waals surface area contributed by atoms with Crippen molar-refractivity contribution in [3.63, 3.8) is 0 Å². The largest absolute Gasteiger partial charge is 0.480 e. The Morgan fingerprint density at radius 1 is 1.56 bits per heavy atom. The van der Waals surface area contributed by atoms with Crippen molar-refractivity contribution >= 4 is 11.7 Å². The van der Waals surface area contributed by atoms with Crippen LogP contribution >= 0.6 is 0 Å². The highest BCUT2D eigenvalue weighted by atomic mass is 16.4. The van der Waals surface area contributed by atoms with Crippen LogP contribution in [0, 0.1) is 5.92 Å². The van der Waals surface area contributed by atoms with E-state index in [0.717, 1.165) is 0 Å². The summed E-state index contributed by atoms with van der Waals surface area (Å²) in [5, 5.41) is 11.7. The van der Waals surface area contributed by atoms with E-state index in [9.17, 15) is 9.59 Å². The van der Waals surface area contributed by atoms with Crippen molar-refractivity contribution < 1.29 is 14.3 Å². The van der Waals surface area contributed by atoms with Gasteiger partial charge in [0.25, 0.3) is 0 Å². The number of carboxylic acid groups (broad SMARTS) is 1. The van der Waals surface area contributed by atoms with Crippen molar-refractivity contribution in [3.05, 3.63) is 28.8 Å². The van der Waals surface area contributed by atoms with Gasteiger partial charge in [-0.2, -0.15) is 0 Å². The zero-order chi connectivity index (χ0) is 12.1. The van der Waals surface area contributed by atoms with Gasteiger partial charge in [-0.15, -0.1) is 0 Å². The Labute approximate surface area is 93.1 Å². The lowest BCUT2D eigenvalue weighted by Crippen LogP contribution is -2.32. The standard InChI is InChI=1S/C11H15NO4/c1-7(2)6-9(10(13)14)12-8-4-3-5-16-11(8)15/h3-5,7,9,12H,6H2,1-2H3,(H,13,14)/t9-/m0/s1. The average Bonchev–Trinajstić information content (AvgIpc) is 2.19. The zero-order valence-electron chi connectivity index (χ0n) is 9.27. The number of anilines is 1. The fourth-order valence-electron chi connectivity index (χ4n) is 1.36. The van der Waals surface area contributed by atoms with Gasteiger partial charge in [-0.25, -0.2) is 9.59 Å². The van der Waals surface area contributed by atoms with Gasteiger partial charge in [-0.05, 0) is 24.5 Å². The molecule has 0 fully saturated rings. The van der Waals surface area contributed by atoms with Crippen molar-refractivity contribution in [2.24, 2.45) is 5.92 Å². The molecule has 1 heterocycles. The van der Waals surface area contributed by atoms with E-state index in [0.29, 0.717) is 6.42 Å². The summed E-state index contributed by atoms with van der Waals surface area (Å²) in [6.07, 6.45) is 1.70. The monoisotopic (exact) mass is 225 g/mol. The summed E-state index contributed by atoms with van der Waals surface area (Å²) in [5.74, 6) is -0.749. The Hall–Kier alpha value is -1.78. The molecule has 5 nitrogen and oxygen atoms in total. The predicted octanol–water partition coefficient (Wildman–Crippen LogP) is 1.55. The number of hydrogen-bond donors (Lipinski definition) is 2. The molecular formula is C11H15NO4. The Balaban J connectivity index is 2.80. The smallest absolute Gasteiger partial charge is 0.359 e. The van der Waals surface area contributed by atoms with E-state index in [-0.39, 0.29) is 11.6 Å². The third kappa shape index (κ3) is 3.42. The molecule has 0 aromatic carbocycles. The number of carbonyl (C=O) groups is 1. The molecule has 1 aromatic rings. The molecule has 1 rings (SSSR count). The summed E-state index contributed by atoms with van der Waals surface area (Å²) in [6, 6.07) is 2.27. The summed E-state index contributed by atoms with van der Waals surface area (Å²) in [6.45, 7) is 3.84. The first-order valence-corrected chi connectivity index (χ1v) is 5.08. The maximum absolute atomic E-state index is 11.2. The molecule has 0 radical (unpaired) electrons. The van der Waals surface area contributed by atoms with E-state index in [1.807, 2.05) is 13.8 Å². The third-order valence-electron chi connectivity index (χ3n) is 2.07. The maximum Gasteiger partial charge on any atom is 0.359 e. The summed E-state index contributed by atoms with van der Waals surface area (Å²) in [7, 11) is 0. The van der Waals surface area contributed by atoms with Crippen LogP contribution in [0.1, 0.15) is 20.3 Å². The lowest BCUT2D eigenvalue weighted by molar-refractivity contribution is -0.138. The Morgan fingerprint density at radius 2 is 2.25 bits per heavy atom. The molecule has 0 spiro atoms. The molecule has 0 aliphatic heterocycles. The van der Waals surface area contributed by atoms with E-state index in [2.05, 4.69) is 9.73 Å². The van der Waals surface area contributed by atoms with Crippen molar-refractivity contribution in [1.82, 2.24) is 0 Å². The van der Waals surface area contributed by atoms with E-state index in [1.165, 1.54) is 18.4 Å². The Bertz CT molecular complexity index is 410. The molecule has 0 unspecified atom stereocenters. The van der Waals surface area contributed by atoms with Gasteiger partial charge in [0.1, 0.15) is 11.7 Å². The van der Waals surface area contributed by atoms with Gasteiger partial charge in [0, 0.05) is 0 Å². The molecule has 1 atom stereocenters. The maximum atomic E-state index is 11.2. The first kappa shape index (κ1) is 12.3.